The molecule has 27 heavy (non-hydrogen) atoms. The van der Waals surface area contributed by atoms with Gasteiger partial charge in [-0.2, -0.15) is 0 Å². The monoisotopic (exact) mass is 398 g/mol. The first-order valence-corrected chi connectivity index (χ1v) is 11.4. The molecule has 1 aromatic rings. The Hall–Kier alpha value is -1.64. The van der Waals surface area contributed by atoms with Crippen LogP contribution in [0.5, 0.6) is 5.75 Å². The predicted octanol–water partition coefficient (Wildman–Crippen LogP) is 1.78. The van der Waals surface area contributed by atoms with E-state index in [9.17, 15) is 13.2 Å². The molecule has 1 heterocycles. The van der Waals surface area contributed by atoms with E-state index < -0.39 is 22.0 Å². The van der Waals surface area contributed by atoms with Crippen molar-refractivity contribution in [3.05, 3.63) is 29.8 Å². The molecule has 0 amide bonds. The number of rotatable bonds is 11. The summed E-state index contributed by atoms with van der Waals surface area (Å²) in [7, 11) is -3.58. The number of ether oxygens (including phenoxy) is 1. The molecule has 1 atom stereocenters. The fraction of sp³-hybridized carbons (Fsp3) is 0.632. The summed E-state index contributed by atoms with van der Waals surface area (Å²) < 4.78 is 30.4. The van der Waals surface area contributed by atoms with Crippen molar-refractivity contribution in [3.63, 3.8) is 0 Å². The summed E-state index contributed by atoms with van der Waals surface area (Å²) in [6, 6.07) is 5.94. The van der Waals surface area contributed by atoms with Crippen molar-refractivity contribution >= 4 is 16.0 Å². The molecule has 0 saturated carbocycles. The molecule has 8 heteroatoms. The molecule has 0 spiro atoms. The van der Waals surface area contributed by atoms with Gasteiger partial charge in [0.1, 0.15) is 11.8 Å². The maximum atomic E-state index is 11.3. The number of nitrogens with one attached hydrogen (secondary N) is 2. The molecule has 1 saturated heterocycles. The van der Waals surface area contributed by atoms with Crippen LogP contribution in [0.15, 0.2) is 24.3 Å². The number of benzene rings is 1. The highest BCUT2D eigenvalue weighted by molar-refractivity contribution is 7.88. The van der Waals surface area contributed by atoms with Crippen molar-refractivity contribution < 1.29 is 23.1 Å². The van der Waals surface area contributed by atoms with E-state index in [1.165, 1.54) is 25.7 Å². The highest BCUT2D eigenvalue weighted by Gasteiger charge is 2.21. The number of unbranched alkanes of at least 4 members (excludes halogenated alkanes) is 1. The summed E-state index contributed by atoms with van der Waals surface area (Å²) in [6.45, 7) is 2.93. The maximum Gasteiger partial charge on any atom is 0.322 e. The average molecular weight is 399 g/mol. The van der Waals surface area contributed by atoms with E-state index in [0.29, 0.717) is 6.61 Å². The number of aliphatic carboxylic acids is 1. The minimum Gasteiger partial charge on any atom is -0.494 e. The van der Waals surface area contributed by atoms with Crippen LogP contribution in [0.3, 0.4) is 0 Å². The standard InChI is InChI=1S/C19H30N2O5S/c1-27(24,25)21-18(19(22)23)14-16-5-7-17(8-6-16)26-13-3-2-4-15-9-11-20-12-10-15/h5-8,15,18,20-21H,2-4,9-14H2,1H3,(H,22,23)/t18-/m1/s1. The van der Waals surface area contributed by atoms with Crippen LogP contribution in [0.2, 0.25) is 0 Å². The van der Waals surface area contributed by atoms with Gasteiger partial charge in [0.05, 0.1) is 12.9 Å². The zero-order valence-corrected chi connectivity index (χ0v) is 16.6. The van der Waals surface area contributed by atoms with Crippen molar-refractivity contribution in [2.24, 2.45) is 5.92 Å². The Morgan fingerprint density at radius 3 is 2.52 bits per heavy atom. The number of piperidine rings is 1. The van der Waals surface area contributed by atoms with Crippen molar-refractivity contribution in [2.45, 2.75) is 44.6 Å². The van der Waals surface area contributed by atoms with E-state index in [4.69, 9.17) is 9.84 Å². The largest absolute Gasteiger partial charge is 0.494 e. The van der Waals surface area contributed by atoms with Crippen LogP contribution in [0.4, 0.5) is 0 Å². The molecule has 1 fully saturated rings. The molecule has 1 aliphatic rings. The molecule has 0 unspecified atom stereocenters. The summed E-state index contributed by atoms with van der Waals surface area (Å²) in [4.78, 5) is 11.2. The topological polar surface area (TPSA) is 105 Å². The molecule has 152 valence electrons. The first kappa shape index (κ1) is 21.7. The van der Waals surface area contributed by atoms with Crippen LogP contribution in [-0.4, -0.2) is 51.5 Å². The molecule has 7 nitrogen and oxygen atoms in total. The lowest BCUT2D eigenvalue weighted by Gasteiger charge is -2.22. The zero-order valence-electron chi connectivity index (χ0n) is 15.8. The van der Waals surface area contributed by atoms with Gasteiger partial charge in [-0.15, -0.1) is 0 Å². The van der Waals surface area contributed by atoms with Crippen molar-refractivity contribution in [2.75, 3.05) is 26.0 Å². The molecule has 0 bridgehead atoms. The SMILES string of the molecule is CS(=O)(=O)N[C@H](Cc1ccc(OCCCCC2CCNCC2)cc1)C(=O)O. The third kappa shape index (κ3) is 8.73. The van der Waals surface area contributed by atoms with Crippen molar-refractivity contribution in [1.29, 1.82) is 0 Å². The minimum atomic E-state index is -3.58. The summed E-state index contributed by atoms with van der Waals surface area (Å²) in [5.74, 6) is 0.381. The third-order valence-electron chi connectivity index (χ3n) is 4.75. The number of carboxylic acid groups (broad SMARTS) is 1. The average Bonchev–Trinajstić information content (AvgIpc) is 2.62. The highest BCUT2D eigenvalue weighted by atomic mass is 32.2. The van der Waals surface area contributed by atoms with Gasteiger partial charge >= 0.3 is 5.97 Å². The normalized spacial score (nSPS) is 16.8. The van der Waals surface area contributed by atoms with Gasteiger partial charge in [0, 0.05) is 0 Å². The number of sulfonamides is 1. The lowest BCUT2D eigenvalue weighted by atomic mass is 9.93. The number of carboxylic acids is 1. The number of carbonyl (C=O) groups is 1. The first-order valence-electron chi connectivity index (χ1n) is 9.46. The molecule has 0 radical (unpaired) electrons. The van der Waals surface area contributed by atoms with Crippen LogP contribution in [0.1, 0.15) is 37.7 Å². The second-order valence-electron chi connectivity index (χ2n) is 7.17. The van der Waals surface area contributed by atoms with Gasteiger partial charge in [-0.05, 0) is 68.8 Å². The molecular formula is C19H30N2O5S. The van der Waals surface area contributed by atoms with Gasteiger partial charge < -0.3 is 15.2 Å². The zero-order chi connectivity index (χ0) is 19.7. The molecule has 2 rings (SSSR count). The quantitative estimate of drug-likeness (QED) is 0.491. The van der Waals surface area contributed by atoms with Gasteiger partial charge in [0.25, 0.3) is 0 Å². The second kappa shape index (κ2) is 10.6. The fourth-order valence-electron chi connectivity index (χ4n) is 3.29. The van der Waals surface area contributed by atoms with E-state index in [-0.39, 0.29) is 6.42 Å². The summed E-state index contributed by atoms with van der Waals surface area (Å²) in [6.07, 6.45) is 7.02. The van der Waals surface area contributed by atoms with E-state index in [0.717, 1.165) is 43.0 Å². The van der Waals surface area contributed by atoms with Gasteiger partial charge in [0.2, 0.25) is 10.0 Å². The van der Waals surface area contributed by atoms with Crippen LogP contribution in [-0.2, 0) is 21.2 Å². The van der Waals surface area contributed by atoms with Gasteiger partial charge in [-0.1, -0.05) is 18.6 Å². The summed E-state index contributed by atoms with van der Waals surface area (Å²) >= 11 is 0. The fourth-order valence-corrected chi connectivity index (χ4v) is 3.99. The molecule has 0 aromatic heterocycles. The lowest BCUT2D eigenvalue weighted by molar-refractivity contribution is -0.138. The van der Waals surface area contributed by atoms with Crippen molar-refractivity contribution in [3.8, 4) is 5.75 Å². The molecular weight excluding hydrogens is 368 g/mol. The molecule has 3 N–H and O–H groups in total. The smallest absolute Gasteiger partial charge is 0.322 e. The third-order valence-corrected chi connectivity index (χ3v) is 5.46. The van der Waals surface area contributed by atoms with Crippen LogP contribution >= 0.6 is 0 Å². The van der Waals surface area contributed by atoms with Gasteiger partial charge in [-0.25, -0.2) is 13.1 Å². The van der Waals surface area contributed by atoms with Crippen LogP contribution in [0.25, 0.3) is 0 Å². The lowest BCUT2D eigenvalue weighted by Crippen LogP contribution is -2.41. The van der Waals surface area contributed by atoms with E-state index in [1.54, 1.807) is 24.3 Å². The summed E-state index contributed by atoms with van der Waals surface area (Å²) in [5, 5.41) is 12.5. The second-order valence-corrected chi connectivity index (χ2v) is 8.95. The highest BCUT2D eigenvalue weighted by Crippen LogP contribution is 2.19. The predicted molar refractivity (Wildman–Crippen MR) is 104 cm³/mol. The Morgan fingerprint density at radius 1 is 1.26 bits per heavy atom. The van der Waals surface area contributed by atoms with Crippen LogP contribution < -0.4 is 14.8 Å². The van der Waals surface area contributed by atoms with E-state index in [2.05, 4.69) is 10.0 Å². The van der Waals surface area contributed by atoms with Crippen molar-refractivity contribution in [1.82, 2.24) is 10.0 Å². The maximum absolute atomic E-state index is 11.3. The molecule has 0 aliphatic carbocycles. The van der Waals surface area contributed by atoms with E-state index >= 15 is 0 Å². The Morgan fingerprint density at radius 2 is 1.93 bits per heavy atom. The first-order chi connectivity index (χ1) is 12.8. The van der Waals surface area contributed by atoms with Crippen LogP contribution in [0, 0.1) is 5.92 Å². The Balaban J connectivity index is 1.71. The minimum absolute atomic E-state index is 0.0823. The number of hydrogen-bond acceptors (Lipinski definition) is 5. The Bertz CT molecular complexity index is 685. The summed E-state index contributed by atoms with van der Waals surface area (Å²) in [5.41, 5.74) is 0.733. The Labute approximate surface area is 161 Å². The van der Waals surface area contributed by atoms with E-state index in [1.807, 2.05) is 0 Å². The molecule has 1 aliphatic heterocycles. The molecule has 1 aromatic carbocycles. The van der Waals surface area contributed by atoms with Gasteiger partial charge in [-0.3, -0.25) is 4.79 Å². The number of hydrogen-bond donors (Lipinski definition) is 3. The Kier molecular flexibility index (Phi) is 8.53. The van der Waals surface area contributed by atoms with Gasteiger partial charge in [0.15, 0.2) is 0 Å².